The molecule has 0 fully saturated rings. The van der Waals surface area contributed by atoms with E-state index in [1.165, 1.54) is 0 Å². The number of benzene rings is 1. The zero-order chi connectivity index (χ0) is 10.6. The standard InChI is InChI=1S/C11H11NO2/c1-8(2)10(13)12-11(14)9-6-4-3-5-7-9/h3-7H,1H2,2H3,(H,12,13,14). The van der Waals surface area contributed by atoms with Crippen molar-refractivity contribution >= 4 is 11.8 Å². The molecule has 0 aliphatic carbocycles. The van der Waals surface area contributed by atoms with Crippen molar-refractivity contribution in [1.82, 2.24) is 5.32 Å². The molecule has 1 rings (SSSR count). The van der Waals surface area contributed by atoms with Gasteiger partial charge in [-0.25, -0.2) is 0 Å². The number of rotatable bonds is 2. The summed E-state index contributed by atoms with van der Waals surface area (Å²) in [5.41, 5.74) is 0.774. The first kappa shape index (κ1) is 10.2. The molecule has 0 heterocycles. The molecule has 0 unspecified atom stereocenters. The van der Waals surface area contributed by atoms with Crippen molar-refractivity contribution in [2.45, 2.75) is 6.92 Å². The average Bonchev–Trinajstić information content (AvgIpc) is 2.19. The van der Waals surface area contributed by atoms with Gasteiger partial charge >= 0.3 is 0 Å². The van der Waals surface area contributed by atoms with E-state index in [0.717, 1.165) is 0 Å². The summed E-state index contributed by atoms with van der Waals surface area (Å²) in [6.45, 7) is 4.99. The highest BCUT2D eigenvalue weighted by Crippen LogP contribution is 1.98. The van der Waals surface area contributed by atoms with Gasteiger partial charge in [0.2, 0.25) is 0 Å². The molecule has 0 aromatic heterocycles. The Morgan fingerprint density at radius 2 is 1.79 bits per heavy atom. The van der Waals surface area contributed by atoms with Crippen LogP contribution in [0.3, 0.4) is 0 Å². The fourth-order valence-electron chi connectivity index (χ4n) is 0.872. The van der Waals surface area contributed by atoms with Gasteiger partial charge in [0.05, 0.1) is 0 Å². The number of hydrogen-bond acceptors (Lipinski definition) is 2. The van der Waals surface area contributed by atoms with Crippen molar-refractivity contribution in [3.05, 3.63) is 48.0 Å². The highest BCUT2D eigenvalue weighted by molar-refractivity contribution is 6.09. The highest BCUT2D eigenvalue weighted by atomic mass is 16.2. The molecule has 0 bridgehead atoms. The molecule has 1 N–H and O–H groups in total. The number of imide groups is 1. The predicted octanol–water partition coefficient (Wildman–Crippen LogP) is 1.52. The molecule has 3 heteroatoms. The summed E-state index contributed by atoms with van der Waals surface area (Å²) in [6.07, 6.45) is 0. The summed E-state index contributed by atoms with van der Waals surface area (Å²) in [5.74, 6) is -0.850. The molecule has 1 aromatic rings. The molecule has 14 heavy (non-hydrogen) atoms. The molecule has 0 radical (unpaired) electrons. The van der Waals surface area contributed by atoms with Crippen molar-refractivity contribution in [2.75, 3.05) is 0 Å². The number of carbonyl (C=O) groups excluding carboxylic acids is 2. The molecule has 1 aromatic carbocycles. The second-order valence-corrected chi connectivity index (χ2v) is 2.93. The van der Waals surface area contributed by atoms with Crippen LogP contribution in [0.15, 0.2) is 42.5 Å². The van der Waals surface area contributed by atoms with E-state index in [9.17, 15) is 9.59 Å². The SMILES string of the molecule is C=C(C)C(=O)NC(=O)c1ccccc1. The number of nitrogens with one attached hydrogen (secondary N) is 1. The van der Waals surface area contributed by atoms with Crippen LogP contribution in [0.2, 0.25) is 0 Å². The topological polar surface area (TPSA) is 46.2 Å². The summed E-state index contributed by atoms with van der Waals surface area (Å²) >= 11 is 0. The Morgan fingerprint density at radius 3 is 2.29 bits per heavy atom. The molecular weight excluding hydrogens is 178 g/mol. The lowest BCUT2D eigenvalue weighted by Crippen LogP contribution is -2.30. The summed E-state index contributed by atoms with van der Waals surface area (Å²) in [6, 6.07) is 8.56. The minimum atomic E-state index is -0.446. The maximum absolute atomic E-state index is 11.4. The van der Waals surface area contributed by atoms with E-state index in [1.807, 2.05) is 0 Å². The van der Waals surface area contributed by atoms with Gasteiger partial charge in [0.25, 0.3) is 11.8 Å². The van der Waals surface area contributed by atoms with Crippen molar-refractivity contribution in [3.63, 3.8) is 0 Å². The van der Waals surface area contributed by atoms with E-state index in [4.69, 9.17) is 0 Å². The van der Waals surface area contributed by atoms with Crippen molar-refractivity contribution in [3.8, 4) is 0 Å². The van der Waals surface area contributed by atoms with Crippen LogP contribution >= 0.6 is 0 Å². The Labute approximate surface area is 82.4 Å². The smallest absolute Gasteiger partial charge is 0.258 e. The van der Waals surface area contributed by atoms with Gasteiger partial charge in [0, 0.05) is 11.1 Å². The third-order valence-corrected chi connectivity index (χ3v) is 1.65. The van der Waals surface area contributed by atoms with Crippen LogP contribution < -0.4 is 5.32 Å². The highest BCUT2D eigenvalue weighted by Gasteiger charge is 2.09. The number of amides is 2. The molecule has 0 aliphatic heterocycles. The first-order chi connectivity index (χ1) is 6.61. The molecule has 0 spiro atoms. The quantitative estimate of drug-likeness (QED) is 0.717. The minimum Gasteiger partial charge on any atom is -0.288 e. The van der Waals surface area contributed by atoms with E-state index in [0.29, 0.717) is 11.1 Å². The van der Waals surface area contributed by atoms with E-state index in [2.05, 4.69) is 11.9 Å². The van der Waals surface area contributed by atoms with E-state index in [-0.39, 0.29) is 0 Å². The third kappa shape index (κ3) is 2.55. The van der Waals surface area contributed by atoms with Gasteiger partial charge in [-0.2, -0.15) is 0 Å². The Kier molecular flexibility index (Phi) is 3.18. The molecule has 0 saturated heterocycles. The molecular formula is C11H11NO2. The summed E-state index contributed by atoms with van der Waals surface area (Å²) in [7, 11) is 0. The van der Waals surface area contributed by atoms with Crippen molar-refractivity contribution in [2.24, 2.45) is 0 Å². The second kappa shape index (κ2) is 4.37. The Balaban J connectivity index is 2.69. The fraction of sp³-hybridized carbons (Fsp3) is 0.0909. The van der Waals surface area contributed by atoms with Crippen LogP contribution in [-0.4, -0.2) is 11.8 Å². The van der Waals surface area contributed by atoms with Gasteiger partial charge in [-0.1, -0.05) is 24.8 Å². The third-order valence-electron chi connectivity index (χ3n) is 1.65. The largest absolute Gasteiger partial charge is 0.288 e. The van der Waals surface area contributed by atoms with Crippen LogP contribution in [-0.2, 0) is 4.79 Å². The number of carbonyl (C=O) groups is 2. The number of hydrogen-bond donors (Lipinski definition) is 1. The molecule has 72 valence electrons. The Morgan fingerprint density at radius 1 is 1.21 bits per heavy atom. The van der Waals surface area contributed by atoms with Gasteiger partial charge in [0.15, 0.2) is 0 Å². The lowest BCUT2D eigenvalue weighted by molar-refractivity contribution is -0.116. The monoisotopic (exact) mass is 189 g/mol. The zero-order valence-corrected chi connectivity index (χ0v) is 7.91. The predicted molar refractivity (Wildman–Crippen MR) is 53.7 cm³/mol. The van der Waals surface area contributed by atoms with Crippen LogP contribution in [0.25, 0.3) is 0 Å². The molecule has 3 nitrogen and oxygen atoms in total. The Bertz CT molecular complexity index is 368. The van der Waals surface area contributed by atoms with Crippen LogP contribution in [0.5, 0.6) is 0 Å². The van der Waals surface area contributed by atoms with E-state index >= 15 is 0 Å². The van der Waals surface area contributed by atoms with Crippen LogP contribution in [0.1, 0.15) is 17.3 Å². The molecule has 0 atom stereocenters. The zero-order valence-electron chi connectivity index (χ0n) is 7.91. The van der Waals surface area contributed by atoms with Gasteiger partial charge in [0.1, 0.15) is 0 Å². The Hall–Kier alpha value is -1.90. The van der Waals surface area contributed by atoms with Crippen LogP contribution in [0, 0.1) is 0 Å². The van der Waals surface area contributed by atoms with Gasteiger partial charge in [-0.3, -0.25) is 14.9 Å². The van der Waals surface area contributed by atoms with Gasteiger partial charge in [-0.05, 0) is 19.1 Å². The van der Waals surface area contributed by atoms with Crippen LogP contribution in [0.4, 0.5) is 0 Å². The maximum atomic E-state index is 11.4. The normalized spacial score (nSPS) is 9.21. The summed E-state index contributed by atoms with van der Waals surface area (Å²) in [4.78, 5) is 22.5. The van der Waals surface area contributed by atoms with Gasteiger partial charge in [-0.15, -0.1) is 0 Å². The van der Waals surface area contributed by atoms with Crippen molar-refractivity contribution < 1.29 is 9.59 Å². The second-order valence-electron chi connectivity index (χ2n) is 2.93. The molecule has 0 saturated carbocycles. The summed E-state index contributed by atoms with van der Waals surface area (Å²) < 4.78 is 0. The van der Waals surface area contributed by atoms with Crippen molar-refractivity contribution in [1.29, 1.82) is 0 Å². The lowest BCUT2D eigenvalue weighted by Gasteiger charge is -2.02. The first-order valence-corrected chi connectivity index (χ1v) is 4.17. The summed E-state index contributed by atoms with van der Waals surface area (Å²) in [5, 5.41) is 2.22. The first-order valence-electron chi connectivity index (χ1n) is 4.17. The van der Waals surface area contributed by atoms with Gasteiger partial charge < -0.3 is 0 Å². The molecule has 2 amide bonds. The lowest BCUT2D eigenvalue weighted by atomic mass is 10.2. The minimum absolute atomic E-state index is 0.314. The van der Waals surface area contributed by atoms with E-state index < -0.39 is 11.8 Å². The average molecular weight is 189 g/mol. The fourth-order valence-corrected chi connectivity index (χ4v) is 0.872. The maximum Gasteiger partial charge on any atom is 0.258 e. The van der Waals surface area contributed by atoms with E-state index in [1.54, 1.807) is 37.3 Å². The molecule has 0 aliphatic rings.